The number of hydrogen-bond acceptors (Lipinski definition) is 3. The molecule has 1 saturated heterocycles. The first kappa shape index (κ1) is 16.3. The van der Waals surface area contributed by atoms with E-state index in [-0.39, 0.29) is 0 Å². The van der Waals surface area contributed by atoms with E-state index in [2.05, 4.69) is 37.9 Å². The van der Waals surface area contributed by atoms with E-state index in [4.69, 9.17) is 4.74 Å². The molecule has 0 spiro atoms. The lowest BCUT2D eigenvalue weighted by atomic mass is 9.94. The fourth-order valence-electron chi connectivity index (χ4n) is 3.22. The van der Waals surface area contributed by atoms with Gasteiger partial charge in [0.25, 0.3) is 0 Å². The Labute approximate surface area is 125 Å². The largest absolute Gasteiger partial charge is 0.380 e. The Bertz CT molecular complexity index is 278. The number of nitrogens with zero attached hydrogens (tertiary/aromatic N) is 1. The molecule has 0 radical (unpaired) electrons. The van der Waals surface area contributed by atoms with Gasteiger partial charge in [-0.25, -0.2) is 0 Å². The molecule has 3 nitrogen and oxygen atoms in total. The number of rotatable bonds is 8. The third-order valence-electron chi connectivity index (χ3n) is 4.96. The van der Waals surface area contributed by atoms with Crippen molar-refractivity contribution in [2.24, 2.45) is 17.8 Å². The van der Waals surface area contributed by atoms with E-state index in [9.17, 15) is 0 Å². The van der Waals surface area contributed by atoms with Crippen LogP contribution in [0.25, 0.3) is 0 Å². The second kappa shape index (κ2) is 7.77. The molecule has 3 heteroatoms. The zero-order valence-corrected chi connectivity index (χ0v) is 13.9. The van der Waals surface area contributed by atoms with Crippen LogP contribution < -0.4 is 5.32 Å². The average Bonchev–Trinajstić information content (AvgIpc) is 3.26. The van der Waals surface area contributed by atoms with Crippen molar-refractivity contribution in [2.75, 3.05) is 32.8 Å². The Balaban J connectivity index is 1.79. The molecular formula is C17H34N2O. The van der Waals surface area contributed by atoms with Crippen LogP contribution in [0.5, 0.6) is 0 Å². The summed E-state index contributed by atoms with van der Waals surface area (Å²) in [4.78, 5) is 2.71. The lowest BCUT2D eigenvalue weighted by Crippen LogP contribution is -2.59. The van der Waals surface area contributed by atoms with Crippen molar-refractivity contribution in [3.63, 3.8) is 0 Å². The Morgan fingerprint density at radius 3 is 2.60 bits per heavy atom. The maximum atomic E-state index is 5.81. The van der Waals surface area contributed by atoms with Gasteiger partial charge >= 0.3 is 0 Å². The minimum absolute atomic E-state index is 0.644. The molecule has 118 valence electrons. The highest BCUT2D eigenvalue weighted by Gasteiger charge is 2.39. The minimum Gasteiger partial charge on any atom is -0.380 e. The molecule has 1 saturated carbocycles. The quantitative estimate of drug-likeness (QED) is 0.693. The zero-order chi connectivity index (χ0) is 14.5. The van der Waals surface area contributed by atoms with Gasteiger partial charge in [0.1, 0.15) is 0 Å². The average molecular weight is 282 g/mol. The van der Waals surface area contributed by atoms with Crippen LogP contribution in [0, 0.1) is 17.8 Å². The van der Waals surface area contributed by atoms with Crippen LogP contribution in [0.2, 0.25) is 0 Å². The summed E-state index contributed by atoms with van der Waals surface area (Å²) in [5.41, 5.74) is 0. The lowest BCUT2D eigenvalue weighted by Gasteiger charge is -2.42. The fourth-order valence-corrected chi connectivity index (χ4v) is 3.22. The molecule has 3 atom stereocenters. The SMILES string of the molecule is CCC(C)C1CN(CCOCC(C)C)C(C2CC2)CN1. The van der Waals surface area contributed by atoms with Crippen molar-refractivity contribution < 1.29 is 4.74 Å². The molecule has 3 unspecified atom stereocenters. The number of nitrogens with one attached hydrogen (secondary N) is 1. The van der Waals surface area contributed by atoms with E-state index >= 15 is 0 Å². The predicted molar refractivity (Wildman–Crippen MR) is 85.0 cm³/mol. The first-order valence-electron chi connectivity index (χ1n) is 8.67. The summed E-state index contributed by atoms with van der Waals surface area (Å²) in [6.07, 6.45) is 4.14. The fraction of sp³-hybridized carbons (Fsp3) is 1.00. The van der Waals surface area contributed by atoms with Gasteiger partial charge < -0.3 is 10.1 Å². The van der Waals surface area contributed by atoms with Gasteiger partial charge in [-0.2, -0.15) is 0 Å². The second-order valence-corrected chi connectivity index (χ2v) is 7.27. The molecule has 1 N–H and O–H groups in total. The van der Waals surface area contributed by atoms with Crippen molar-refractivity contribution in [1.29, 1.82) is 0 Å². The summed E-state index contributed by atoms with van der Waals surface area (Å²) in [7, 11) is 0. The highest BCUT2D eigenvalue weighted by atomic mass is 16.5. The maximum Gasteiger partial charge on any atom is 0.0593 e. The summed E-state index contributed by atoms with van der Waals surface area (Å²) in [5.74, 6) is 2.37. The molecule has 0 aromatic rings. The highest BCUT2D eigenvalue weighted by molar-refractivity contribution is 4.95. The van der Waals surface area contributed by atoms with Crippen LogP contribution >= 0.6 is 0 Å². The van der Waals surface area contributed by atoms with Crippen molar-refractivity contribution in [2.45, 2.75) is 59.0 Å². The molecule has 0 aromatic carbocycles. The normalized spacial score (nSPS) is 29.9. The smallest absolute Gasteiger partial charge is 0.0593 e. The Hall–Kier alpha value is -0.120. The Morgan fingerprint density at radius 2 is 2.00 bits per heavy atom. The minimum atomic E-state index is 0.644. The molecule has 2 fully saturated rings. The van der Waals surface area contributed by atoms with Gasteiger partial charge in [-0.3, -0.25) is 4.90 Å². The van der Waals surface area contributed by atoms with Crippen LogP contribution in [-0.2, 0) is 4.74 Å². The van der Waals surface area contributed by atoms with E-state index in [1.54, 1.807) is 0 Å². The molecule has 2 rings (SSSR count). The first-order valence-corrected chi connectivity index (χ1v) is 8.67. The van der Waals surface area contributed by atoms with Crippen molar-refractivity contribution in [3.8, 4) is 0 Å². The van der Waals surface area contributed by atoms with Gasteiger partial charge in [0, 0.05) is 38.3 Å². The molecule has 1 heterocycles. The van der Waals surface area contributed by atoms with E-state index in [1.807, 2.05) is 0 Å². The van der Waals surface area contributed by atoms with Crippen molar-refractivity contribution in [3.05, 3.63) is 0 Å². The van der Waals surface area contributed by atoms with Crippen molar-refractivity contribution >= 4 is 0 Å². The molecule has 1 aliphatic carbocycles. The summed E-state index contributed by atoms with van der Waals surface area (Å²) in [5, 5.41) is 3.80. The topological polar surface area (TPSA) is 24.5 Å². The number of ether oxygens (including phenoxy) is 1. The van der Waals surface area contributed by atoms with Crippen LogP contribution in [-0.4, -0.2) is 49.8 Å². The Kier molecular flexibility index (Phi) is 6.31. The van der Waals surface area contributed by atoms with Gasteiger partial charge in [0.15, 0.2) is 0 Å². The number of piperazine rings is 1. The lowest BCUT2D eigenvalue weighted by molar-refractivity contribution is 0.0424. The summed E-state index contributed by atoms with van der Waals surface area (Å²) in [6, 6.07) is 1.43. The molecule has 20 heavy (non-hydrogen) atoms. The number of hydrogen-bond donors (Lipinski definition) is 1. The third-order valence-corrected chi connectivity index (χ3v) is 4.96. The van der Waals surface area contributed by atoms with E-state index < -0.39 is 0 Å². The third kappa shape index (κ3) is 4.71. The molecule has 1 aliphatic heterocycles. The van der Waals surface area contributed by atoms with Gasteiger partial charge in [-0.1, -0.05) is 34.1 Å². The molecular weight excluding hydrogens is 248 g/mol. The van der Waals surface area contributed by atoms with Crippen LogP contribution in [0.4, 0.5) is 0 Å². The van der Waals surface area contributed by atoms with E-state index in [0.29, 0.717) is 12.0 Å². The van der Waals surface area contributed by atoms with Crippen molar-refractivity contribution in [1.82, 2.24) is 10.2 Å². The Morgan fingerprint density at radius 1 is 1.25 bits per heavy atom. The molecule has 2 aliphatic rings. The summed E-state index contributed by atoms with van der Waals surface area (Å²) < 4.78 is 5.81. The zero-order valence-electron chi connectivity index (χ0n) is 13.9. The maximum absolute atomic E-state index is 5.81. The van der Waals surface area contributed by atoms with Gasteiger partial charge in [-0.05, 0) is 30.6 Å². The van der Waals surface area contributed by atoms with E-state index in [0.717, 1.165) is 37.6 Å². The highest BCUT2D eigenvalue weighted by Crippen LogP contribution is 2.36. The van der Waals surface area contributed by atoms with Gasteiger partial charge in [0.2, 0.25) is 0 Å². The monoisotopic (exact) mass is 282 g/mol. The van der Waals surface area contributed by atoms with Crippen LogP contribution in [0.3, 0.4) is 0 Å². The molecule has 0 amide bonds. The van der Waals surface area contributed by atoms with E-state index in [1.165, 1.54) is 32.4 Å². The second-order valence-electron chi connectivity index (χ2n) is 7.27. The standard InChI is InChI=1S/C17H34N2O/c1-5-14(4)16-11-19(8-9-20-12-13(2)3)17(10-18-16)15-6-7-15/h13-18H,5-12H2,1-4H3. The predicted octanol–water partition coefficient (Wildman–Crippen LogP) is 2.76. The van der Waals surface area contributed by atoms with Crippen LogP contribution in [0.1, 0.15) is 47.0 Å². The first-order chi connectivity index (χ1) is 9.61. The van der Waals surface area contributed by atoms with Gasteiger partial charge in [0.05, 0.1) is 6.61 Å². The summed E-state index contributed by atoms with van der Waals surface area (Å²) in [6.45, 7) is 14.4. The van der Waals surface area contributed by atoms with Crippen LogP contribution in [0.15, 0.2) is 0 Å². The summed E-state index contributed by atoms with van der Waals surface area (Å²) >= 11 is 0. The molecule has 0 bridgehead atoms. The molecule has 0 aromatic heterocycles. The van der Waals surface area contributed by atoms with Gasteiger partial charge in [-0.15, -0.1) is 0 Å².